The Labute approximate surface area is 96.6 Å². The number of hydrogen-bond donors (Lipinski definition) is 0. The topological polar surface area (TPSA) is 20.3 Å². The molecule has 0 saturated heterocycles. The van der Waals surface area contributed by atoms with E-state index < -0.39 is 0 Å². The molecule has 0 aliphatic carbocycles. The highest BCUT2D eigenvalue weighted by atomic mass is 16.1. The number of nitrogens with zero attached hydrogens (tertiary/aromatic N) is 1. The fraction of sp³-hybridized carbons (Fsp3) is 0.357. The third kappa shape index (κ3) is 2.39. The summed E-state index contributed by atoms with van der Waals surface area (Å²) in [5, 5.41) is 0. The molecule has 1 aliphatic rings. The number of rotatable bonds is 3. The van der Waals surface area contributed by atoms with Crippen LogP contribution < -0.4 is 0 Å². The van der Waals surface area contributed by atoms with E-state index in [1.54, 1.807) is 6.92 Å². The summed E-state index contributed by atoms with van der Waals surface area (Å²) in [5.74, 6) is 0.216. The van der Waals surface area contributed by atoms with E-state index in [0.29, 0.717) is 0 Å². The normalized spacial score (nSPS) is 16.9. The van der Waals surface area contributed by atoms with E-state index in [-0.39, 0.29) is 5.78 Å². The first-order valence-electron chi connectivity index (χ1n) is 5.62. The number of carbonyl (C=O) groups excluding carboxylic acids is 1. The Morgan fingerprint density at radius 3 is 2.50 bits per heavy atom. The van der Waals surface area contributed by atoms with Gasteiger partial charge in [0.1, 0.15) is 0 Å². The van der Waals surface area contributed by atoms with E-state index in [1.165, 1.54) is 11.1 Å². The summed E-state index contributed by atoms with van der Waals surface area (Å²) in [6, 6.07) is 10.4. The molecule has 0 spiro atoms. The molecule has 2 nitrogen and oxygen atoms in total. The van der Waals surface area contributed by atoms with Crippen LogP contribution in [0.4, 0.5) is 0 Å². The zero-order chi connectivity index (χ0) is 11.5. The predicted octanol–water partition coefficient (Wildman–Crippen LogP) is 2.41. The fourth-order valence-corrected chi connectivity index (χ4v) is 2.21. The molecule has 0 unspecified atom stereocenters. The monoisotopic (exact) mass is 215 g/mol. The van der Waals surface area contributed by atoms with Crippen LogP contribution in [0.25, 0.3) is 0 Å². The van der Waals surface area contributed by atoms with Crippen LogP contribution in [0.5, 0.6) is 0 Å². The van der Waals surface area contributed by atoms with Crippen molar-refractivity contribution < 1.29 is 4.79 Å². The van der Waals surface area contributed by atoms with Gasteiger partial charge in [-0.2, -0.15) is 0 Å². The summed E-state index contributed by atoms with van der Waals surface area (Å²) >= 11 is 0. The lowest BCUT2D eigenvalue weighted by atomic mass is 10.1. The molecule has 2 rings (SSSR count). The average Bonchev–Trinajstić information content (AvgIpc) is 2.61. The lowest BCUT2D eigenvalue weighted by Crippen LogP contribution is -2.21. The fourth-order valence-electron chi connectivity index (χ4n) is 2.21. The molecule has 0 fully saturated rings. The molecule has 0 bridgehead atoms. The summed E-state index contributed by atoms with van der Waals surface area (Å²) in [7, 11) is 0. The van der Waals surface area contributed by atoms with Crippen LogP contribution in [-0.4, -0.2) is 23.8 Å². The minimum Gasteiger partial charge on any atom is -0.295 e. The van der Waals surface area contributed by atoms with Gasteiger partial charge in [0, 0.05) is 25.2 Å². The van der Waals surface area contributed by atoms with Crippen LogP contribution in [0.3, 0.4) is 0 Å². The van der Waals surface area contributed by atoms with Crippen LogP contribution in [0, 0.1) is 0 Å². The first-order valence-corrected chi connectivity index (χ1v) is 5.62. The van der Waals surface area contributed by atoms with E-state index in [1.807, 2.05) is 6.07 Å². The van der Waals surface area contributed by atoms with Gasteiger partial charge in [0.15, 0.2) is 5.78 Å². The second-order valence-corrected chi connectivity index (χ2v) is 4.45. The Morgan fingerprint density at radius 2 is 1.94 bits per heavy atom. The van der Waals surface area contributed by atoms with Gasteiger partial charge in [0.25, 0.3) is 0 Å². The van der Waals surface area contributed by atoms with Crippen LogP contribution in [0.15, 0.2) is 41.5 Å². The first-order chi connectivity index (χ1) is 7.66. The first kappa shape index (κ1) is 11.1. The SMILES string of the molecule is CC(=O)C1=C(C)CN(Cc2ccccc2)C1. The van der Waals surface area contributed by atoms with E-state index in [4.69, 9.17) is 0 Å². The minimum atomic E-state index is 0.216. The smallest absolute Gasteiger partial charge is 0.157 e. The minimum absolute atomic E-state index is 0.216. The molecular weight excluding hydrogens is 198 g/mol. The summed E-state index contributed by atoms with van der Waals surface area (Å²) in [4.78, 5) is 13.7. The van der Waals surface area contributed by atoms with E-state index in [2.05, 4.69) is 36.1 Å². The molecular formula is C14H17NO. The van der Waals surface area contributed by atoms with Gasteiger partial charge in [-0.05, 0) is 19.4 Å². The summed E-state index contributed by atoms with van der Waals surface area (Å²) in [6.45, 7) is 6.36. The third-order valence-corrected chi connectivity index (χ3v) is 3.03. The second-order valence-electron chi connectivity index (χ2n) is 4.45. The van der Waals surface area contributed by atoms with Crippen molar-refractivity contribution in [3.63, 3.8) is 0 Å². The lowest BCUT2D eigenvalue weighted by Gasteiger charge is -2.15. The standard InChI is InChI=1S/C14H17NO/c1-11-8-15(10-14(11)12(2)16)9-13-6-4-3-5-7-13/h3-7H,8-10H2,1-2H3. The molecule has 1 aliphatic heterocycles. The van der Waals surface area contributed by atoms with E-state index >= 15 is 0 Å². The van der Waals surface area contributed by atoms with Crippen LogP contribution in [-0.2, 0) is 11.3 Å². The van der Waals surface area contributed by atoms with Gasteiger partial charge in [-0.1, -0.05) is 35.9 Å². The predicted molar refractivity (Wildman–Crippen MR) is 65.1 cm³/mol. The second kappa shape index (κ2) is 4.62. The van der Waals surface area contributed by atoms with Crippen LogP contribution >= 0.6 is 0 Å². The highest BCUT2D eigenvalue weighted by molar-refractivity contribution is 5.95. The van der Waals surface area contributed by atoms with Gasteiger partial charge < -0.3 is 0 Å². The molecule has 1 heterocycles. The maximum absolute atomic E-state index is 11.4. The molecule has 0 atom stereocenters. The summed E-state index contributed by atoms with van der Waals surface area (Å²) in [5.41, 5.74) is 3.53. The Kier molecular flexibility index (Phi) is 3.20. The molecule has 1 aromatic rings. The van der Waals surface area contributed by atoms with Crippen LogP contribution in [0.2, 0.25) is 0 Å². The Morgan fingerprint density at radius 1 is 1.25 bits per heavy atom. The van der Waals surface area contributed by atoms with Gasteiger partial charge in [0.05, 0.1) is 0 Å². The Bertz CT molecular complexity index is 420. The number of Topliss-reactive ketones (excluding diaryl/α,β-unsaturated/α-hetero) is 1. The molecule has 1 aromatic carbocycles. The van der Waals surface area contributed by atoms with Crippen molar-refractivity contribution in [3.05, 3.63) is 47.0 Å². The van der Waals surface area contributed by atoms with Crippen molar-refractivity contribution in [1.29, 1.82) is 0 Å². The van der Waals surface area contributed by atoms with Crippen molar-refractivity contribution in [2.45, 2.75) is 20.4 Å². The number of benzene rings is 1. The Balaban J connectivity index is 2.00. The van der Waals surface area contributed by atoms with Gasteiger partial charge in [-0.25, -0.2) is 0 Å². The summed E-state index contributed by atoms with van der Waals surface area (Å²) in [6.07, 6.45) is 0. The average molecular weight is 215 g/mol. The van der Waals surface area contributed by atoms with E-state index in [9.17, 15) is 4.79 Å². The van der Waals surface area contributed by atoms with Gasteiger partial charge >= 0.3 is 0 Å². The van der Waals surface area contributed by atoms with Crippen molar-refractivity contribution in [2.24, 2.45) is 0 Å². The molecule has 0 radical (unpaired) electrons. The zero-order valence-electron chi connectivity index (χ0n) is 9.86. The number of carbonyl (C=O) groups is 1. The molecule has 2 heteroatoms. The molecule has 16 heavy (non-hydrogen) atoms. The van der Waals surface area contributed by atoms with Gasteiger partial charge in [0.2, 0.25) is 0 Å². The van der Waals surface area contributed by atoms with Crippen molar-refractivity contribution in [2.75, 3.05) is 13.1 Å². The third-order valence-electron chi connectivity index (χ3n) is 3.03. The van der Waals surface area contributed by atoms with Crippen molar-refractivity contribution in [3.8, 4) is 0 Å². The zero-order valence-corrected chi connectivity index (χ0v) is 9.86. The van der Waals surface area contributed by atoms with Crippen molar-refractivity contribution >= 4 is 5.78 Å². The Hall–Kier alpha value is -1.41. The number of ketones is 1. The molecule has 0 aromatic heterocycles. The van der Waals surface area contributed by atoms with Gasteiger partial charge in [-0.15, -0.1) is 0 Å². The summed E-state index contributed by atoms with van der Waals surface area (Å²) < 4.78 is 0. The van der Waals surface area contributed by atoms with Gasteiger partial charge in [-0.3, -0.25) is 9.69 Å². The number of hydrogen-bond acceptors (Lipinski definition) is 2. The molecule has 0 amide bonds. The quantitative estimate of drug-likeness (QED) is 0.771. The maximum atomic E-state index is 11.4. The van der Waals surface area contributed by atoms with Crippen molar-refractivity contribution in [1.82, 2.24) is 4.90 Å². The molecule has 0 saturated carbocycles. The highest BCUT2D eigenvalue weighted by Gasteiger charge is 2.21. The highest BCUT2D eigenvalue weighted by Crippen LogP contribution is 2.19. The van der Waals surface area contributed by atoms with E-state index in [0.717, 1.165) is 25.2 Å². The molecule has 0 N–H and O–H groups in total. The largest absolute Gasteiger partial charge is 0.295 e. The van der Waals surface area contributed by atoms with Crippen LogP contribution in [0.1, 0.15) is 19.4 Å². The molecule has 84 valence electrons. The lowest BCUT2D eigenvalue weighted by molar-refractivity contribution is -0.113. The maximum Gasteiger partial charge on any atom is 0.157 e.